The zero-order valence-corrected chi connectivity index (χ0v) is 17.6. The SMILES string of the molecule is CNC(=O)OCC1OC(n2cnc3c(NC4CCOC4)ncnc32)C2OC(C)(C)OC12. The van der Waals surface area contributed by atoms with Gasteiger partial charge >= 0.3 is 6.09 Å². The highest BCUT2D eigenvalue weighted by Gasteiger charge is 2.56. The topological polar surface area (TPSA) is 131 Å². The maximum Gasteiger partial charge on any atom is 0.406 e. The van der Waals surface area contributed by atoms with E-state index in [9.17, 15) is 4.79 Å². The number of carbonyl (C=O) groups excluding carboxylic acids is 1. The van der Waals surface area contributed by atoms with Crippen LogP contribution in [0.25, 0.3) is 11.2 Å². The molecule has 3 aliphatic heterocycles. The number of fused-ring (bicyclic) bond motifs is 2. The van der Waals surface area contributed by atoms with Crippen molar-refractivity contribution in [1.82, 2.24) is 24.8 Å². The van der Waals surface area contributed by atoms with E-state index in [0.29, 0.717) is 23.6 Å². The summed E-state index contributed by atoms with van der Waals surface area (Å²) < 4.78 is 30.9. The Morgan fingerprint density at radius 2 is 2.13 bits per heavy atom. The molecule has 5 atom stereocenters. The van der Waals surface area contributed by atoms with Crippen LogP contribution in [0.15, 0.2) is 12.7 Å². The predicted octanol–water partition coefficient (Wildman–Crippen LogP) is 0.801. The Labute approximate surface area is 178 Å². The summed E-state index contributed by atoms with van der Waals surface area (Å²) in [6, 6.07) is 0.189. The molecule has 31 heavy (non-hydrogen) atoms. The molecule has 3 aliphatic rings. The second kappa shape index (κ2) is 7.86. The van der Waals surface area contributed by atoms with Crippen LogP contribution in [0, 0.1) is 0 Å². The molecule has 0 radical (unpaired) electrons. The van der Waals surface area contributed by atoms with Gasteiger partial charge in [0.05, 0.1) is 19.0 Å². The van der Waals surface area contributed by atoms with E-state index in [4.69, 9.17) is 23.7 Å². The third kappa shape index (κ3) is 3.80. The minimum Gasteiger partial charge on any atom is -0.447 e. The molecule has 168 valence electrons. The Balaban J connectivity index is 1.42. The van der Waals surface area contributed by atoms with Gasteiger partial charge in [-0.15, -0.1) is 0 Å². The van der Waals surface area contributed by atoms with Gasteiger partial charge in [-0.05, 0) is 20.3 Å². The second-order valence-electron chi connectivity index (χ2n) is 8.23. The summed E-state index contributed by atoms with van der Waals surface area (Å²) in [4.78, 5) is 24.9. The maximum atomic E-state index is 11.5. The molecule has 3 fully saturated rings. The Morgan fingerprint density at radius 1 is 1.29 bits per heavy atom. The number of amides is 1. The van der Waals surface area contributed by atoms with Crippen molar-refractivity contribution in [2.75, 3.05) is 32.2 Å². The number of nitrogens with zero attached hydrogens (tertiary/aromatic N) is 4. The molecular weight excluding hydrogens is 408 g/mol. The minimum absolute atomic E-state index is 0.0346. The van der Waals surface area contributed by atoms with Crippen LogP contribution in [0.2, 0.25) is 0 Å². The average Bonchev–Trinajstić information content (AvgIpc) is 3.51. The molecule has 3 saturated heterocycles. The summed E-state index contributed by atoms with van der Waals surface area (Å²) in [5.74, 6) is -0.138. The highest BCUT2D eigenvalue weighted by Crippen LogP contribution is 2.44. The van der Waals surface area contributed by atoms with E-state index in [-0.39, 0.29) is 12.6 Å². The highest BCUT2D eigenvalue weighted by molar-refractivity contribution is 5.82. The molecule has 0 bridgehead atoms. The minimum atomic E-state index is -0.789. The standard InChI is InChI=1S/C19H26N6O6/c1-19(2)30-13-11(7-28-18(26)20-3)29-17(14(13)31-19)25-9-23-12-15(21-8-22-16(12)25)24-10-4-5-27-6-10/h8-11,13-14,17H,4-7H2,1-3H3,(H,20,26)(H,21,22,24). The molecule has 0 aliphatic carbocycles. The lowest BCUT2D eigenvalue weighted by Crippen LogP contribution is -2.35. The summed E-state index contributed by atoms with van der Waals surface area (Å²) in [5, 5.41) is 5.81. The molecule has 2 aromatic rings. The number of aromatic nitrogens is 4. The van der Waals surface area contributed by atoms with Crippen molar-refractivity contribution in [3.05, 3.63) is 12.7 Å². The fourth-order valence-corrected chi connectivity index (χ4v) is 4.23. The van der Waals surface area contributed by atoms with Crippen LogP contribution >= 0.6 is 0 Å². The van der Waals surface area contributed by atoms with Crippen molar-refractivity contribution in [1.29, 1.82) is 0 Å². The normalized spacial score (nSPS) is 31.6. The molecule has 2 aromatic heterocycles. The summed E-state index contributed by atoms with van der Waals surface area (Å²) in [6.45, 7) is 5.09. The van der Waals surface area contributed by atoms with Crippen molar-refractivity contribution in [3.63, 3.8) is 0 Å². The van der Waals surface area contributed by atoms with Gasteiger partial charge in [-0.25, -0.2) is 19.7 Å². The maximum absolute atomic E-state index is 11.5. The summed E-state index contributed by atoms with van der Waals surface area (Å²) in [6.07, 6.45) is 1.66. The van der Waals surface area contributed by atoms with Gasteiger partial charge < -0.3 is 34.3 Å². The van der Waals surface area contributed by atoms with E-state index in [1.54, 1.807) is 6.33 Å². The molecule has 0 spiro atoms. The van der Waals surface area contributed by atoms with Gasteiger partial charge in [0, 0.05) is 13.7 Å². The number of rotatable bonds is 5. The van der Waals surface area contributed by atoms with Gasteiger partial charge in [0.25, 0.3) is 0 Å². The Hall–Kier alpha value is -2.54. The smallest absolute Gasteiger partial charge is 0.406 e. The van der Waals surface area contributed by atoms with Gasteiger partial charge in [-0.1, -0.05) is 0 Å². The van der Waals surface area contributed by atoms with E-state index < -0.39 is 36.4 Å². The van der Waals surface area contributed by atoms with Crippen molar-refractivity contribution in [2.45, 2.75) is 56.6 Å². The zero-order chi connectivity index (χ0) is 21.6. The van der Waals surface area contributed by atoms with Gasteiger partial charge in [-0.2, -0.15) is 0 Å². The quantitative estimate of drug-likeness (QED) is 0.697. The number of hydrogen-bond acceptors (Lipinski definition) is 10. The van der Waals surface area contributed by atoms with Crippen LogP contribution in [0.4, 0.5) is 10.6 Å². The van der Waals surface area contributed by atoms with Crippen molar-refractivity contribution in [2.24, 2.45) is 0 Å². The second-order valence-corrected chi connectivity index (χ2v) is 8.23. The van der Waals surface area contributed by atoms with Crippen molar-refractivity contribution in [3.8, 4) is 0 Å². The number of imidazole rings is 1. The Kier molecular flexibility index (Phi) is 5.16. The van der Waals surface area contributed by atoms with Crippen LogP contribution in [0.1, 0.15) is 26.5 Å². The monoisotopic (exact) mass is 434 g/mol. The molecule has 5 heterocycles. The fourth-order valence-electron chi connectivity index (χ4n) is 4.23. The molecule has 1 amide bonds. The average molecular weight is 434 g/mol. The van der Waals surface area contributed by atoms with Crippen LogP contribution in [0.3, 0.4) is 0 Å². The number of ether oxygens (including phenoxy) is 5. The molecule has 0 saturated carbocycles. The van der Waals surface area contributed by atoms with Crippen molar-refractivity contribution < 1.29 is 28.5 Å². The third-order valence-electron chi connectivity index (χ3n) is 5.61. The largest absolute Gasteiger partial charge is 0.447 e. The third-order valence-corrected chi connectivity index (χ3v) is 5.61. The van der Waals surface area contributed by atoms with E-state index in [0.717, 1.165) is 13.0 Å². The lowest BCUT2D eigenvalue weighted by Gasteiger charge is -2.24. The lowest BCUT2D eigenvalue weighted by molar-refractivity contribution is -0.199. The molecule has 5 unspecified atom stereocenters. The van der Waals surface area contributed by atoms with Crippen LogP contribution < -0.4 is 10.6 Å². The summed E-state index contributed by atoms with van der Waals surface area (Å²) >= 11 is 0. The first-order valence-electron chi connectivity index (χ1n) is 10.3. The Bertz CT molecular complexity index is 961. The van der Waals surface area contributed by atoms with Crippen LogP contribution in [0.5, 0.6) is 0 Å². The molecule has 0 aromatic carbocycles. The highest BCUT2D eigenvalue weighted by atomic mass is 16.8. The number of anilines is 1. The van der Waals surface area contributed by atoms with Crippen molar-refractivity contribution >= 4 is 23.1 Å². The molecule has 2 N–H and O–H groups in total. The van der Waals surface area contributed by atoms with E-state index >= 15 is 0 Å². The van der Waals surface area contributed by atoms with Gasteiger partial charge in [-0.3, -0.25) is 4.57 Å². The van der Waals surface area contributed by atoms with Gasteiger partial charge in [0.15, 0.2) is 29.0 Å². The first kappa shape index (κ1) is 20.4. The molecule has 12 heteroatoms. The Morgan fingerprint density at radius 3 is 2.90 bits per heavy atom. The van der Waals surface area contributed by atoms with Crippen LogP contribution in [-0.4, -0.2) is 82.6 Å². The zero-order valence-electron chi connectivity index (χ0n) is 17.6. The first-order chi connectivity index (χ1) is 14.9. The van der Waals surface area contributed by atoms with Gasteiger partial charge in [0.1, 0.15) is 31.2 Å². The number of hydrogen-bond donors (Lipinski definition) is 2. The number of alkyl carbamates (subject to hydrolysis) is 1. The molecular formula is C19H26N6O6. The van der Waals surface area contributed by atoms with Crippen LogP contribution in [-0.2, 0) is 23.7 Å². The van der Waals surface area contributed by atoms with E-state index in [1.807, 2.05) is 18.4 Å². The summed E-state index contributed by atoms with van der Waals surface area (Å²) in [5.41, 5.74) is 1.25. The molecule has 5 rings (SSSR count). The van der Waals surface area contributed by atoms with Gasteiger partial charge in [0.2, 0.25) is 0 Å². The van der Waals surface area contributed by atoms with E-state index in [1.165, 1.54) is 13.4 Å². The molecule has 12 nitrogen and oxygen atoms in total. The first-order valence-corrected chi connectivity index (χ1v) is 10.3. The fraction of sp³-hybridized carbons (Fsp3) is 0.684. The predicted molar refractivity (Wildman–Crippen MR) is 106 cm³/mol. The lowest BCUT2D eigenvalue weighted by atomic mass is 10.1. The number of carbonyl (C=O) groups is 1. The summed E-state index contributed by atoms with van der Waals surface area (Å²) in [7, 11) is 1.50. The van der Waals surface area contributed by atoms with E-state index in [2.05, 4.69) is 25.6 Å². The number of nitrogens with one attached hydrogen (secondary N) is 2.